The first kappa shape index (κ1) is 21.3. The quantitative estimate of drug-likeness (QED) is 0.346. The third-order valence-electron chi connectivity index (χ3n) is 7.22. The first-order valence-electron chi connectivity index (χ1n) is 12.2. The van der Waals surface area contributed by atoms with Crippen LogP contribution in [0.4, 0.5) is 0 Å². The van der Waals surface area contributed by atoms with Crippen molar-refractivity contribution in [1.29, 1.82) is 0 Å². The molecule has 0 saturated heterocycles. The molecule has 30 heavy (non-hydrogen) atoms. The standard InChI is InChI=1S/C29H38O/c1-3-7-24(25-12-13-25)10-6-9-23-19-29(20-23,16-4-2)21-28(30)18-22-8-5-11-27(17-22)26-14-15-26/h3,5-11,17,23,25-26H,4,12-16,18-21H2,1-2H3/b7-3-,9-6+,24-10+. The molecular formula is C29H38O. The molecule has 160 valence electrons. The number of rotatable bonds is 11. The van der Waals surface area contributed by atoms with Crippen molar-refractivity contribution in [3.8, 4) is 0 Å². The van der Waals surface area contributed by atoms with Gasteiger partial charge in [-0.25, -0.2) is 0 Å². The van der Waals surface area contributed by atoms with Crippen LogP contribution in [0, 0.1) is 17.3 Å². The molecule has 1 aromatic rings. The zero-order chi connectivity index (χ0) is 21.0. The Morgan fingerprint density at radius 2 is 1.97 bits per heavy atom. The molecule has 1 aromatic carbocycles. The van der Waals surface area contributed by atoms with Gasteiger partial charge in [0.1, 0.15) is 5.78 Å². The Morgan fingerprint density at radius 3 is 2.63 bits per heavy atom. The molecule has 3 fully saturated rings. The van der Waals surface area contributed by atoms with Crippen LogP contribution in [0.5, 0.6) is 0 Å². The highest BCUT2D eigenvalue weighted by atomic mass is 16.1. The van der Waals surface area contributed by atoms with E-state index in [1.807, 2.05) is 0 Å². The highest BCUT2D eigenvalue weighted by Gasteiger charge is 2.43. The monoisotopic (exact) mass is 402 g/mol. The van der Waals surface area contributed by atoms with Crippen LogP contribution in [0.3, 0.4) is 0 Å². The number of Topliss-reactive ketones (excluding diaryl/α,β-unsaturated/α-hetero) is 1. The van der Waals surface area contributed by atoms with E-state index in [1.165, 1.54) is 68.1 Å². The third kappa shape index (κ3) is 5.62. The van der Waals surface area contributed by atoms with E-state index in [0.717, 1.165) is 18.3 Å². The van der Waals surface area contributed by atoms with E-state index in [4.69, 9.17) is 0 Å². The molecule has 0 N–H and O–H groups in total. The molecule has 0 amide bonds. The molecule has 1 heteroatoms. The van der Waals surface area contributed by atoms with Crippen LogP contribution >= 0.6 is 0 Å². The van der Waals surface area contributed by atoms with E-state index in [1.54, 1.807) is 0 Å². The van der Waals surface area contributed by atoms with E-state index in [-0.39, 0.29) is 5.41 Å². The van der Waals surface area contributed by atoms with E-state index >= 15 is 0 Å². The highest BCUT2D eigenvalue weighted by Crippen LogP contribution is 2.52. The SMILES string of the molecule is C\C=C/C(=C\C=C\C1CC(CCC)(CC(=O)Cc2cccc(C3CC3)c2)C1)C1CC1. The molecular weight excluding hydrogens is 364 g/mol. The van der Waals surface area contributed by atoms with Gasteiger partial charge >= 0.3 is 0 Å². The van der Waals surface area contributed by atoms with Gasteiger partial charge in [0.05, 0.1) is 0 Å². The summed E-state index contributed by atoms with van der Waals surface area (Å²) in [5, 5.41) is 0. The number of hydrogen-bond donors (Lipinski definition) is 0. The highest BCUT2D eigenvalue weighted by molar-refractivity contribution is 5.81. The average Bonchev–Trinajstić information content (AvgIpc) is 3.59. The summed E-state index contributed by atoms with van der Waals surface area (Å²) in [6.07, 6.45) is 22.8. The van der Waals surface area contributed by atoms with E-state index in [2.05, 4.69) is 68.5 Å². The van der Waals surface area contributed by atoms with Gasteiger partial charge in [0.25, 0.3) is 0 Å². The summed E-state index contributed by atoms with van der Waals surface area (Å²) in [4.78, 5) is 12.9. The zero-order valence-corrected chi connectivity index (χ0v) is 18.9. The van der Waals surface area contributed by atoms with E-state index in [9.17, 15) is 4.79 Å². The molecule has 0 bridgehead atoms. The number of carbonyl (C=O) groups is 1. The Bertz CT molecular complexity index is 826. The van der Waals surface area contributed by atoms with Crippen LogP contribution in [-0.4, -0.2) is 5.78 Å². The molecule has 0 atom stereocenters. The smallest absolute Gasteiger partial charge is 0.137 e. The number of ketones is 1. The van der Waals surface area contributed by atoms with Crippen LogP contribution in [0.15, 0.2) is 60.2 Å². The fourth-order valence-electron chi connectivity index (χ4n) is 5.50. The van der Waals surface area contributed by atoms with Crippen LogP contribution in [0.1, 0.15) is 88.7 Å². The maximum atomic E-state index is 12.9. The lowest BCUT2D eigenvalue weighted by atomic mass is 9.57. The minimum atomic E-state index is 0.251. The molecule has 0 aromatic heterocycles. The van der Waals surface area contributed by atoms with Gasteiger partial charge in [0.15, 0.2) is 0 Å². The molecule has 0 aliphatic heterocycles. The lowest BCUT2D eigenvalue weighted by Crippen LogP contribution is -2.38. The second-order valence-electron chi connectivity index (χ2n) is 10.2. The van der Waals surface area contributed by atoms with E-state index in [0.29, 0.717) is 18.1 Å². The summed E-state index contributed by atoms with van der Waals surface area (Å²) in [6.45, 7) is 4.36. The predicted octanol–water partition coefficient (Wildman–Crippen LogP) is 7.73. The summed E-state index contributed by atoms with van der Waals surface area (Å²) in [5.41, 5.74) is 4.39. The Labute approximate surface area is 183 Å². The fourth-order valence-corrected chi connectivity index (χ4v) is 5.50. The van der Waals surface area contributed by atoms with Crippen LogP contribution in [0.25, 0.3) is 0 Å². The summed E-state index contributed by atoms with van der Waals surface area (Å²) in [7, 11) is 0. The zero-order valence-electron chi connectivity index (χ0n) is 18.9. The van der Waals surface area contributed by atoms with Crippen molar-refractivity contribution >= 4 is 5.78 Å². The molecule has 3 aliphatic carbocycles. The molecule has 0 spiro atoms. The second kappa shape index (κ2) is 9.50. The second-order valence-corrected chi connectivity index (χ2v) is 10.2. The van der Waals surface area contributed by atoms with Gasteiger partial charge in [-0.05, 0) is 91.7 Å². The predicted molar refractivity (Wildman–Crippen MR) is 127 cm³/mol. The maximum absolute atomic E-state index is 12.9. The lowest BCUT2D eigenvalue weighted by molar-refractivity contribution is -0.123. The van der Waals surface area contributed by atoms with Crippen LogP contribution < -0.4 is 0 Å². The molecule has 1 nitrogen and oxygen atoms in total. The third-order valence-corrected chi connectivity index (χ3v) is 7.22. The summed E-state index contributed by atoms with van der Waals surface area (Å²) >= 11 is 0. The normalized spacial score (nSPS) is 27.0. The Morgan fingerprint density at radius 1 is 1.17 bits per heavy atom. The molecule has 0 unspecified atom stereocenters. The summed E-state index contributed by atoms with van der Waals surface area (Å²) < 4.78 is 0. The lowest BCUT2D eigenvalue weighted by Gasteiger charge is -2.47. The van der Waals surface area contributed by atoms with Crippen molar-refractivity contribution in [2.45, 2.75) is 84.0 Å². The van der Waals surface area contributed by atoms with Crippen molar-refractivity contribution < 1.29 is 4.79 Å². The van der Waals surface area contributed by atoms with Gasteiger partial charge in [-0.3, -0.25) is 4.79 Å². The summed E-state index contributed by atoms with van der Waals surface area (Å²) in [6, 6.07) is 8.78. The maximum Gasteiger partial charge on any atom is 0.137 e. The van der Waals surface area contributed by atoms with Gasteiger partial charge in [0.2, 0.25) is 0 Å². The largest absolute Gasteiger partial charge is 0.299 e. The minimum Gasteiger partial charge on any atom is -0.299 e. The topological polar surface area (TPSA) is 17.1 Å². The van der Waals surface area contributed by atoms with Gasteiger partial charge in [-0.2, -0.15) is 0 Å². The van der Waals surface area contributed by atoms with Gasteiger partial charge in [-0.15, -0.1) is 0 Å². The molecule has 4 rings (SSSR count). The Balaban J connectivity index is 1.30. The van der Waals surface area contributed by atoms with Crippen LogP contribution in [-0.2, 0) is 11.2 Å². The van der Waals surface area contributed by atoms with Gasteiger partial charge in [0, 0.05) is 12.8 Å². The van der Waals surface area contributed by atoms with Crippen molar-refractivity contribution in [1.82, 2.24) is 0 Å². The summed E-state index contributed by atoms with van der Waals surface area (Å²) in [5.74, 6) is 2.63. The van der Waals surface area contributed by atoms with Crippen molar-refractivity contribution in [3.63, 3.8) is 0 Å². The van der Waals surface area contributed by atoms with Crippen molar-refractivity contribution in [2.24, 2.45) is 17.3 Å². The molecule has 0 heterocycles. The van der Waals surface area contributed by atoms with Crippen molar-refractivity contribution in [2.75, 3.05) is 0 Å². The van der Waals surface area contributed by atoms with Crippen LogP contribution in [0.2, 0.25) is 0 Å². The molecule has 3 aliphatic rings. The first-order valence-corrected chi connectivity index (χ1v) is 12.2. The first-order chi connectivity index (χ1) is 14.6. The molecule has 3 saturated carbocycles. The minimum absolute atomic E-state index is 0.251. The number of hydrogen-bond acceptors (Lipinski definition) is 1. The van der Waals surface area contributed by atoms with E-state index < -0.39 is 0 Å². The number of benzene rings is 1. The van der Waals surface area contributed by atoms with Gasteiger partial charge < -0.3 is 0 Å². The average molecular weight is 403 g/mol. The molecule has 0 radical (unpaired) electrons. The Kier molecular flexibility index (Phi) is 6.76. The number of carbonyl (C=O) groups excluding carboxylic acids is 1. The number of allylic oxidation sites excluding steroid dienone is 6. The Hall–Kier alpha value is -1.89. The van der Waals surface area contributed by atoms with Gasteiger partial charge in [-0.1, -0.05) is 68.0 Å². The van der Waals surface area contributed by atoms with Crippen molar-refractivity contribution in [3.05, 3.63) is 71.3 Å². The fraction of sp³-hybridized carbons (Fsp3) is 0.552.